The summed E-state index contributed by atoms with van der Waals surface area (Å²) < 4.78 is 39.7. The van der Waals surface area contributed by atoms with Crippen molar-refractivity contribution < 1.29 is 18.0 Å². The molecule has 178 valence electrons. The second-order valence-corrected chi connectivity index (χ2v) is 9.29. The third kappa shape index (κ3) is 4.75. The molecule has 1 amide bonds. The lowest BCUT2D eigenvalue weighted by molar-refractivity contribution is -0.118. The van der Waals surface area contributed by atoms with E-state index in [-0.39, 0.29) is 30.5 Å². The summed E-state index contributed by atoms with van der Waals surface area (Å²) in [6.07, 6.45) is 1.79. The van der Waals surface area contributed by atoms with E-state index in [2.05, 4.69) is 25.9 Å². The Balaban J connectivity index is 1.30. The Hall–Kier alpha value is -2.88. The van der Waals surface area contributed by atoms with Gasteiger partial charge in [0.25, 0.3) is 0 Å². The average Bonchev–Trinajstić information content (AvgIpc) is 2.71. The number of likely N-dealkylation sites (N-methyl/N-ethyl adjacent to an activating group) is 1. The summed E-state index contributed by atoms with van der Waals surface area (Å²) in [5.74, 6) is -2.07. The molecule has 0 bridgehead atoms. The van der Waals surface area contributed by atoms with E-state index in [0.717, 1.165) is 25.0 Å². The average molecular weight is 463 g/mol. The molecule has 3 N–H and O–H groups in total. The van der Waals surface area contributed by atoms with Crippen molar-refractivity contribution in [2.45, 2.75) is 52.2 Å². The number of anilines is 3. The van der Waals surface area contributed by atoms with Crippen molar-refractivity contribution in [3.8, 4) is 0 Å². The van der Waals surface area contributed by atoms with Gasteiger partial charge in [0.2, 0.25) is 11.9 Å². The first-order chi connectivity index (χ1) is 15.6. The van der Waals surface area contributed by atoms with Crippen LogP contribution < -0.4 is 20.9 Å². The molecule has 33 heavy (non-hydrogen) atoms. The lowest BCUT2D eigenvalue weighted by Crippen LogP contribution is -2.49. The van der Waals surface area contributed by atoms with Crippen LogP contribution in [-0.4, -0.2) is 41.6 Å². The highest BCUT2D eigenvalue weighted by molar-refractivity contribution is 6.03. The highest BCUT2D eigenvalue weighted by Gasteiger charge is 2.35. The predicted octanol–water partition coefficient (Wildman–Crippen LogP) is 3.60. The number of benzene rings is 1. The number of hydrogen-bond acceptors (Lipinski definition) is 6. The fourth-order valence-corrected chi connectivity index (χ4v) is 4.57. The van der Waals surface area contributed by atoms with Crippen LogP contribution >= 0.6 is 0 Å². The Morgan fingerprint density at radius 2 is 1.85 bits per heavy atom. The molecule has 0 spiro atoms. The molecule has 2 aromatic rings. The number of nitrogens with one attached hydrogen (secondary N) is 3. The topological polar surface area (TPSA) is 82.2 Å². The maximum Gasteiger partial charge on any atom is 0.247 e. The molecular formula is C23H29F3N6O. The lowest BCUT2D eigenvalue weighted by Gasteiger charge is -2.37. The Bertz CT molecular complexity index is 1030. The molecule has 1 atom stereocenters. The number of amides is 1. The van der Waals surface area contributed by atoms with Gasteiger partial charge in [-0.3, -0.25) is 4.79 Å². The molecule has 2 aliphatic rings. The van der Waals surface area contributed by atoms with Crippen LogP contribution in [0.4, 0.5) is 30.6 Å². The lowest BCUT2D eigenvalue weighted by atomic mass is 9.80. The third-order valence-electron chi connectivity index (χ3n) is 6.39. The Morgan fingerprint density at radius 1 is 1.18 bits per heavy atom. The molecule has 10 heteroatoms. The fraction of sp³-hybridized carbons (Fsp3) is 0.522. The first-order valence-electron chi connectivity index (χ1n) is 11.2. The molecule has 1 aromatic heterocycles. The van der Waals surface area contributed by atoms with Crippen LogP contribution in [0.2, 0.25) is 0 Å². The van der Waals surface area contributed by atoms with Crippen LogP contribution in [0.1, 0.15) is 37.9 Å². The SMILES string of the molecule is Cc1nc(NCC2CC(NCc3cc(F)c(F)c(F)c3)C2)nc2c1NC(=O)[C@H](C(C)C)N2C. The van der Waals surface area contributed by atoms with E-state index in [1.807, 2.05) is 32.7 Å². The molecule has 0 saturated heterocycles. The van der Waals surface area contributed by atoms with Gasteiger partial charge in [0.15, 0.2) is 23.3 Å². The summed E-state index contributed by atoms with van der Waals surface area (Å²) in [6.45, 7) is 6.83. The Morgan fingerprint density at radius 3 is 2.48 bits per heavy atom. The second kappa shape index (κ2) is 9.17. The number of carbonyl (C=O) groups excluding carboxylic acids is 1. The minimum Gasteiger partial charge on any atom is -0.354 e. The molecule has 0 radical (unpaired) electrons. The first kappa shape index (κ1) is 23.3. The van der Waals surface area contributed by atoms with E-state index >= 15 is 0 Å². The van der Waals surface area contributed by atoms with Gasteiger partial charge in [-0.25, -0.2) is 18.2 Å². The zero-order valence-electron chi connectivity index (χ0n) is 19.2. The highest BCUT2D eigenvalue weighted by atomic mass is 19.2. The van der Waals surface area contributed by atoms with Crippen molar-refractivity contribution in [1.29, 1.82) is 0 Å². The van der Waals surface area contributed by atoms with E-state index < -0.39 is 17.5 Å². The fourth-order valence-electron chi connectivity index (χ4n) is 4.57. The Labute approximate surface area is 191 Å². The molecule has 1 aliphatic carbocycles. The molecular weight excluding hydrogens is 433 g/mol. The molecule has 1 saturated carbocycles. The summed E-state index contributed by atoms with van der Waals surface area (Å²) in [5, 5.41) is 9.49. The van der Waals surface area contributed by atoms with Crippen LogP contribution in [0.15, 0.2) is 12.1 Å². The molecule has 1 fully saturated rings. The van der Waals surface area contributed by atoms with Crippen molar-refractivity contribution >= 4 is 23.4 Å². The molecule has 1 aromatic carbocycles. The van der Waals surface area contributed by atoms with Gasteiger partial charge in [0.05, 0.1) is 5.69 Å². The predicted molar refractivity (Wildman–Crippen MR) is 121 cm³/mol. The van der Waals surface area contributed by atoms with Crippen LogP contribution in [0.3, 0.4) is 0 Å². The monoisotopic (exact) mass is 462 g/mol. The molecule has 0 unspecified atom stereocenters. The van der Waals surface area contributed by atoms with E-state index in [9.17, 15) is 18.0 Å². The normalized spacial score (nSPS) is 22.1. The number of carbonyl (C=O) groups is 1. The van der Waals surface area contributed by atoms with Crippen LogP contribution in [0.25, 0.3) is 0 Å². The van der Waals surface area contributed by atoms with Crippen molar-refractivity contribution in [1.82, 2.24) is 15.3 Å². The van der Waals surface area contributed by atoms with Gasteiger partial charge in [0.1, 0.15) is 11.7 Å². The van der Waals surface area contributed by atoms with Gasteiger partial charge in [-0.1, -0.05) is 13.8 Å². The van der Waals surface area contributed by atoms with E-state index in [0.29, 0.717) is 41.2 Å². The highest BCUT2D eigenvalue weighted by Crippen LogP contribution is 2.34. The summed E-state index contributed by atoms with van der Waals surface area (Å²) in [6, 6.07) is 1.97. The van der Waals surface area contributed by atoms with Gasteiger partial charge in [-0.15, -0.1) is 0 Å². The maximum absolute atomic E-state index is 13.3. The Kier molecular flexibility index (Phi) is 6.47. The molecule has 4 rings (SSSR count). The minimum atomic E-state index is -1.44. The van der Waals surface area contributed by atoms with Crippen molar-refractivity contribution in [3.63, 3.8) is 0 Å². The van der Waals surface area contributed by atoms with Gasteiger partial charge in [-0.2, -0.15) is 4.98 Å². The van der Waals surface area contributed by atoms with E-state index in [1.165, 1.54) is 0 Å². The van der Waals surface area contributed by atoms with Crippen LogP contribution in [0.5, 0.6) is 0 Å². The summed E-state index contributed by atoms with van der Waals surface area (Å²) in [4.78, 5) is 23.5. The van der Waals surface area contributed by atoms with Crippen molar-refractivity contribution in [2.24, 2.45) is 11.8 Å². The quantitative estimate of drug-likeness (QED) is 0.546. The maximum atomic E-state index is 13.3. The second-order valence-electron chi connectivity index (χ2n) is 9.29. The zero-order valence-corrected chi connectivity index (χ0v) is 19.2. The van der Waals surface area contributed by atoms with Gasteiger partial charge in [-0.05, 0) is 49.3 Å². The van der Waals surface area contributed by atoms with Gasteiger partial charge < -0.3 is 20.9 Å². The van der Waals surface area contributed by atoms with Gasteiger partial charge in [0, 0.05) is 26.2 Å². The van der Waals surface area contributed by atoms with Crippen LogP contribution in [-0.2, 0) is 11.3 Å². The van der Waals surface area contributed by atoms with Crippen LogP contribution in [0, 0.1) is 36.2 Å². The molecule has 1 aliphatic heterocycles. The van der Waals surface area contributed by atoms with E-state index in [4.69, 9.17) is 0 Å². The summed E-state index contributed by atoms with van der Waals surface area (Å²) >= 11 is 0. The van der Waals surface area contributed by atoms with Crippen molar-refractivity contribution in [3.05, 3.63) is 40.8 Å². The number of fused-ring (bicyclic) bond motifs is 1. The third-order valence-corrected chi connectivity index (χ3v) is 6.39. The van der Waals surface area contributed by atoms with E-state index in [1.54, 1.807) is 0 Å². The van der Waals surface area contributed by atoms with Gasteiger partial charge >= 0.3 is 0 Å². The minimum absolute atomic E-state index is 0.0495. The standard InChI is InChI=1S/C23H29F3N6O/c1-11(2)20-22(33)30-19-12(3)29-23(31-21(19)32(20)4)28-10-13-5-15(6-13)27-9-14-7-16(24)18(26)17(25)8-14/h7-8,11,13,15,20,27H,5-6,9-10H2,1-4H3,(H,30,33)(H,28,29,31)/t13?,15?,20-/m0/s1. The molecule has 7 nitrogen and oxygen atoms in total. The zero-order chi connectivity index (χ0) is 23.9. The molecule has 2 heterocycles. The summed E-state index contributed by atoms with van der Waals surface area (Å²) in [5.41, 5.74) is 1.73. The number of aromatic nitrogens is 2. The number of halogens is 3. The first-order valence-corrected chi connectivity index (χ1v) is 11.2. The largest absolute Gasteiger partial charge is 0.354 e. The number of rotatable bonds is 7. The number of hydrogen-bond donors (Lipinski definition) is 3. The number of aryl methyl sites for hydroxylation is 1. The summed E-state index contributed by atoms with van der Waals surface area (Å²) in [7, 11) is 1.87. The number of nitrogens with zero attached hydrogens (tertiary/aromatic N) is 3. The van der Waals surface area contributed by atoms with Crippen molar-refractivity contribution in [2.75, 3.05) is 29.1 Å². The smallest absolute Gasteiger partial charge is 0.247 e.